The van der Waals surface area contributed by atoms with E-state index in [-0.39, 0.29) is 11.8 Å². The number of rotatable bonds is 2. The van der Waals surface area contributed by atoms with Crippen molar-refractivity contribution in [2.45, 2.75) is 6.04 Å². The first-order chi connectivity index (χ1) is 7.68. The summed E-state index contributed by atoms with van der Waals surface area (Å²) in [5, 5.41) is 16.9. The highest BCUT2D eigenvalue weighted by atomic mass is 35.5. The van der Waals surface area contributed by atoms with Crippen LogP contribution >= 0.6 is 11.6 Å². The second kappa shape index (κ2) is 4.63. The quantitative estimate of drug-likeness (QED) is 0.811. The maximum Gasteiger partial charge on any atom is 0.328 e. The van der Waals surface area contributed by atoms with Gasteiger partial charge in [0.05, 0.1) is 13.2 Å². The van der Waals surface area contributed by atoms with Crippen molar-refractivity contribution < 1.29 is 14.6 Å². The van der Waals surface area contributed by atoms with E-state index in [2.05, 4.69) is 10.2 Å². The highest BCUT2D eigenvalue weighted by molar-refractivity contribution is 6.29. The van der Waals surface area contributed by atoms with E-state index >= 15 is 0 Å². The van der Waals surface area contributed by atoms with E-state index < -0.39 is 12.0 Å². The zero-order chi connectivity index (χ0) is 11.5. The Morgan fingerprint density at radius 2 is 2.38 bits per heavy atom. The average Bonchev–Trinajstić information content (AvgIpc) is 2.30. The van der Waals surface area contributed by atoms with Crippen molar-refractivity contribution >= 4 is 23.4 Å². The second-order valence-corrected chi connectivity index (χ2v) is 3.72. The molecule has 1 saturated heterocycles. The molecule has 1 N–H and O–H groups in total. The molecule has 1 fully saturated rings. The number of halogens is 1. The maximum atomic E-state index is 11.0. The normalized spacial score (nSPS) is 20.8. The number of carboxylic acid groups (broad SMARTS) is 1. The second-order valence-electron chi connectivity index (χ2n) is 3.34. The number of carbonyl (C=O) groups is 1. The lowest BCUT2D eigenvalue weighted by Crippen LogP contribution is -2.50. The molecule has 1 aliphatic heterocycles. The lowest BCUT2D eigenvalue weighted by Gasteiger charge is -2.33. The van der Waals surface area contributed by atoms with Gasteiger partial charge in [-0.25, -0.2) is 4.79 Å². The third-order valence-electron chi connectivity index (χ3n) is 2.33. The minimum atomic E-state index is -0.934. The van der Waals surface area contributed by atoms with Crippen LogP contribution in [0.4, 0.5) is 5.82 Å². The summed E-state index contributed by atoms with van der Waals surface area (Å²) in [7, 11) is 0. The smallest absolute Gasteiger partial charge is 0.328 e. The first kappa shape index (κ1) is 11.1. The van der Waals surface area contributed by atoms with Gasteiger partial charge in [0.25, 0.3) is 0 Å². The fraction of sp³-hybridized carbons (Fsp3) is 0.444. The van der Waals surface area contributed by atoms with Gasteiger partial charge in [-0.1, -0.05) is 11.6 Å². The summed E-state index contributed by atoms with van der Waals surface area (Å²) in [6.07, 6.45) is 0. The molecular formula is C9H10ClN3O3. The van der Waals surface area contributed by atoms with Crippen LogP contribution in [-0.2, 0) is 9.53 Å². The molecule has 1 aromatic heterocycles. The van der Waals surface area contributed by atoms with E-state index in [0.717, 1.165) is 0 Å². The molecule has 0 aliphatic carbocycles. The van der Waals surface area contributed by atoms with Gasteiger partial charge in [0.15, 0.2) is 17.0 Å². The lowest BCUT2D eigenvalue weighted by atomic mass is 10.2. The summed E-state index contributed by atoms with van der Waals surface area (Å²) in [5.74, 6) is -0.434. The summed E-state index contributed by atoms with van der Waals surface area (Å²) in [6.45, 7) is 1.11. The standard InChI is InChI=1S/C9H10ClN3O3/c10-7-1-2-8(12-11-7)13-3-4-16-5-6(13)9(14)15/h1-2,6H,3-5H2,(H,14,15). The van der Waals surface area contributed by atoms with Crippen molar-refractivity contribution in [1.29, 1.82) is 0 Å². The van der Waals surface area contributed by atoms with Crippen molar-refractivity contribution in [2.24, 2.45) is 0 Å². The Bertz CT molecular complexity index is 384. The molecule has 16 heavy (non-hydrogen) atoms. The van der Waals surface area contributed by atoms with Gasteiger partial charge in [-0.3, -0.25) is 0 Å². The fourth-order valence-electron chi connectivity index (χ4n) is 1.54. The van der Waals surface area contributed by atoms with Crippen LogP contribution < -0.4 is 4.90 Å². The molecule has 1 atom stereocenters. The van der Waals surface area contributed by atoms with Crippen LogP contribution in [0.5, 0.6) is 0 Å². The Balaban J connectivity index is 2.23. The molecule has 0 spiro atoms. The lowest BCUT2D eigenvalue weighted by molar-refractivity contribution is -0.141. The highest BCUT2D eigenvalue weighted by Crippen LogP contribution is 2.17. The number of aromatic nitrogens is 2. The van der Waals surface area contributed by atoms with Crippen molar-refractivity contribution in [3.8, 4) is 0 Å². The number of nitrogens with zero attached hydrogens (tertiary/aromatic N) is 3. The highest BCUT2D eigenvalue weighted by Gasteiger charge is 2.30. The molecule has 0 bridgehead atoms. The number of carboxylic acids is 1. The van der Waals surface area contributed by atoms with E-state index in [0.29, 0.717) is 19.0 Å². The molecule has 6 nitrogen and oxygen atoms in total. The predicted molar refractivity (Wildman–Crippen MR) is 56.6 cm³/mol. The minimum Gasteiger partial charge on any atom is -0.480 e. The number of hydrogen-bond acceptors (Lipinski definition) is 5. The van der Waals surface area contributed by atoms with Gasteiger partial charge < -0.3 is 14.7 Å². The first-order valence-corrected chi connectivity index (χ1v) is 5.12. The topological polar surface area (TPSA) is 75.6 Å². The van der Waals surface area contributed by atoms with E-state index in [4.69, 9.17) is 21.4 Å². The molecule has 1 unspecified atom stereocenters. The molecule has 2 rings (SSSR count). The summed E-state index contributed by atoms with van der Waals surface area (Å²) >= 11 is 5.62. The summed E-state index contributed by atoms with van der Waals surface area (Å²) < 4.78 is 5.12. The van der Waals surface area contributed by atoms with Gasteiger partial charge in [0, 0.05) is 6.54 Å². The van der Waals surface area contributed by atoms with Crippen LogP contribution in [-0.4, -0.2) is 47.1 Å². The molecule has 2 heterocycles. The molecule has 0 amide bonds. The van der Waals surface area contributed by atoms with Gasteiger partial charge in [-0.2, -0.15) is 0 Å². The summed E-state index contributed by atoms with van der Waals surface area (Å²) in [5.41, 5.74) is 0. The zero-order valence-electron chi connectivity index (χ0n) is 8.34. The first-order valence-electron chi connectivity index (χ1n) is 4.75. The van der Waals surface area contributed by atoms with Crippen molar-refractivity contribution in [2.75, 3.05) is 24.7 Å². The maximum absolute atomic E-state index is 11.0. The predicted octanol–water partition coefficient (Wildman–Crippen LogP) is 0.420. The third-order valence-corrected chi connectivity index (χ3v) is 2.53. The van der Waals surface area contributed by atoms with E-state index in [1.54, 1.807) is 17.0 Å². The number of ether oxygens (including phenoxy) is 1. The molecule has 0 saturated carbocycles. The van der Waals surface area contributed by atoms with Crippen molar-refractivity contribution in [3.63, 3.8) is 0 Å². The molecule has 7 heteroatoms. The minimum absolute atomic E-state index is 0.152. The summed E-state index contributed by atoms with van der Waals surface area (Å²) in [6, 6.07) is 2.51. The van der Waals surface area contributed by atoms with Crippen LogP contribution in [0, 0.1) is 0 Å². The van der Waals surface area contributed by atoms with Crippen LogP contribution in [0.1, 0.15) is 0 Å². The summed E-state index contributed by atoms with van der Waals surface area (Å²) in [4.78, 5) is 12.7. The number of morpholine rings is 1. The van der Waals surface area contributed by atoms with Gasteiger partial charge >= 0.3 is 5.97 Å². The third kappa shape index (κ3) is 2.23. The van der Waals surface area contributed by atoms with Crippen LogP contribution in [0.3, 0.4) is 0 Å². The molecule has 1 aromatic rings. The Morgan fingerprint density at radius 1 is 1.56 bits per heavy atom. The fourth-order valence-corrected chi connectivity index (χ4v) is 1.65. The molecular weight excluding hydrogens is 234 g/mol. The Kier molecular flexibility index (Phi) is 3.21. The Labute approximate surface area is 96.8 Å². The molecule has 86 valence electrons. The molecule has 0 radical (unpaired) electrons. The van der Waals surface area contributed by atoms with Gasteiger partial charge in [0.1, 0.15) is 0 Å². The number of aliphatic carboxylic acids is 1. The largest absolute Gasteiger partial charge is 0.480 e. The van der Waals surface area contributed by atoms with Crippen LogP contribution in [0.2, 0.25) is 5.15 Å². The average molecular weight is 244 g/mol. The number of hydrogen-bond donors (Lipinski definition) is 1. The van der Waals surface area contributed by atoms with Crippen molar-refractivity contribution in [1.82, 2.24) is 10.2 Å². The molecule has 1 aliphatic rings. The number of anilines is 1. The molecule has 0 aromatic carbocycles. The van der Waals surface area contributed by atoms with Crippen LogP contribution in [0.15, 0.2) is 12.1 Å². The Hall–Kier alpha value is -1.40. The van der Waals surface area contributed by atoms with Gasteiger partial charge in [-0.05, 0) is 12.1 Å². The van der Waals surface area contributed by atoms with Crippen molar-refractivity contribution in [3.05, 3.63) is 17.3 Å². The van der Waals surface area contributed by atoms with Gasteiger partial charge in [0.2, 0.25) is 0 Å². The van der Waals surface area contributed by atoms with Crippen LogP contribution in [0.25, 0.3) is 0 Å². The SMILES string of the molecule is O=C(O)C1COCCN1c1ccc(Cl)nn1. The van der Waals surface area contributed by atoms with Gasteiger partial charge in [-0.15, -0.1) is 10.2 Å². The van der Waals surface area contributed by atoms with E-state index in [1.807, 2.05) is 0 Å². The monoisotopic (exact) mass is 243 g/mol. The van der Waals surface area contributed by atoms with E-state index in [9.17, 15) is 4.79 Å². The van der Waals surface area contributed by atoms with E-state index in [1.165, 1.54) is 0 Å². The zero-order valence-corrected chi connectivity index (χ0v) is 9.09. The Morgan fingerprint density at radius 3 is 3.00 bits per heavy atom.